The number of likely N-dealkylation sites (N-methyl/N-ethyl adjacent to an activating group) is 1. The van der Waals surface area contributed by atoms with Crippen molar-refractivity contribution in [2.45, 2.75) is 19.9 Å². The molecular weight excluding hydrogens is 284 g/mol. The Morgan fingerprint density at radius 1 is 1.36 bits per heavy atom. The first kappa shape index (κ1) is 16.2. The van der Waals surface area contributed by atoms with Gasteiger partial charge >= 0.3 is 0 Å². The molecule has 1 aromatic rings. The molecule has 1 aliphatic rings. The molecule has 0 spiro atoms. The number of piperazine rings is 1. The molecule has 2 N–H and O–H groups in total. The van der Waals surface area contributed by atoms with Crippen molar-refractivity contribution in [3.05, 3.63) is 34.4 Å². The average Bonchev–Trinajstić information content (AvgIpc) is 2.54. The molecule has 0 unspecified atom stereocenters. The van der Waals surface area contributed by atoms with Gasteiger partial charge in [-0.1, -0.05) is 0 Å². The minimum atomic E-state index is -0.389. The van der Waals surface area contributed by atoms with Crippen LogP contribution in [0.5, 0.6) is 0 Å². The molecule has 1 fully saturated rings. The highest BCUT2D eigenvalue weighted by Crippen LogP contribution is 2.19. The molecule has 0 radical (unpaired) electrons. The summed E-state index contributed by atoms with van der Waals surface area (Å²) in [5.41, 5.74) is 1.10. The number of non-ortho nitro benzene ring substituents is 1. The Bertz CT molecular complexity index is 524. The van der Waals surface area contributed by atoms with Crippen LogP contribution < -0.4 is 15.1 Å². The fraction of sp³-hybridized carbons (Fsp3) is 0.533. The second-order valence-electron chi connectivity index (χ2n) is 5.54. The van der Waals surface area contributed by atoms with Crippen molar-refractivity contribution in [2.24, 2.45) is 0 Å². The third-order valence-corrected chi connectivity index (χ3v) is 4.19. The van der Waals surface area contributed by atoms with E-state index in [-0.39, 0.29) is 22.6 Å². The molecule has 0 aliphatic carbocycles. The predicted molar refractivity (Wildman–Crippen MR) is 84.2 cm³/mol. The van der Waals surface area contributed by atoms with E-state index >= 15 is 0 Å². The van der Waals surface area contributed by atoms with Gasteiger partial charge in [0.15, 0.2) is 6.04 Å². The standard InChI is InChI=1S/C15H22N4O3/c1-3-16-15(20)12(2)17-8-10-18(11-9-17)13-4-6-14(7-5-13)19(21)22/h4-7,12H,3,8-11H2,1-2H3,(H,16,20)/p+1/t12-/m1/s1. The Morgan fingerprint density at radius 3 is 2.45 bits per heavy atom. The van der Waals surface area contributed by atoms with Crippen molar-refractivity contribution in [3.63, 3.8) is 0 Å². The van der Waals surface area contributed by atoms with E-state index in [9.17, 15) is 14.9 Å². The monoisotopic (exact) mass is 307 g/mol. The number of anilines is 1. The molecule has 2 rings (SSSR count). The van der Waals surface area contributed by atoms with Crippen LogP contribution in [0.3, 0.4) is 0 Å². The molecule has 0 aromatic heterocycles. The number of hydrogen-bond donors (Lipinski definition) is 2. The number of nitro groups is 1. The second kappa shape index (κ2) is 7.22. The van der Waals surface area contributed by atoms with Crippen LogP contribution in [-0.2, 0) is 4.79 Å². The van der Waals surface area contributed by atoms with Crippen LogP contribution in [0.15, 0.2) is 24.3 Å². The number of nitro benzene ring substituents is 1. The highest BCUT2D eigenvalue weighted by molar-refractivity contribution is 5.79. The summed E-state index contributed by atoms with van der Waals surface area (Å²) >= 11 is 0. The van der Waals surface area contributed by atoms with E-state index in [4.69, 9.17) is 0 Å². The maximum Gasteiger partial charge on any atom is 0.278 e. The van der Waals surface area contributed by atoms with Gasteiger partial charge in [0, 0.05) is 24.4 Å². The van der Waals surface area contributed by atoms with Crippen molar-refractivity contribution in [1.82, 2.24) is 5.32 Å². The first-order valence-corrected chi connectivity index (χ1v) is 7.64. The van der Waals surface area contributed by atoms with Gasteiger partial charge in [-0.05, 0) is 26.0 Å². The minimum absolute atomic E-state index is 0.0426. The molecule has 7 nitrogen and oxygen atoms in total. The lowest BCUT2D eigenvalue weighted by Gasteiger charge is -2.35. The summed E-state index contributed by atoms with van der Waals surface area (Å²) in [5, 5.41) is 13.5. The SMILES string of the molecule is CCNC(=O)[C@@H](C)[NH+]1CCN(c2ccc([N+](=O)[O-])cc2)CC1. The Kier molecular flexibility index (Phi) is 5.32. The van der Waals surface area contributed by atoms with Crippen molar-refractivity contribution in [1.29, 1.82) is 0 Å². The van der Waals surface area contributed by atoms with Gasteiger partial charge in [0.25, 0.3) is 11.6 Å². The number of rotatable bonds is 5. The molecule has 7 heteroatoms. The van der Waals surface area contributed by atoms with Gasteiger partial charge in [-0.25, -0.2) is 0 Å². The van der Waals surface area contributed by atoms with Gasteiger partial charge in [0.1, 0.15) is 0 Å². The van der Waals surface area contributed by atoms with Crippen LogP contribution in [0, 0.1) is 10.1 Å². The molecule has 0 saturated carbocycles. The smallest absolute Gasteiger partial charge is 0.278 e. The minimum Gasteiger partial charge on any atom is -0.360 e. The topological polar surface area (TPSA) is 79.9 Å². The zero-order chi connectivity index (χ0) is 16.1. The number of hydrogen-bond acceptors (Lipinski definition) is 4. The molecule has 22 heavy (non-hydrogen) atoms. The lowest BCUT2D eigenvalue weighted by atomic mass is 10.2. The lowest BCUT2D eigenvalue weighted by molar-refractivity contribution is -0.914. The fourth-order valence-corrected chi connectivity index (χ4v) is 2.78. The number of carbonyl (C=O) groups excluding carboxylic acids is 1. The largest absolute Gasteiger partial charge is 0.360 e. The Labute approximate surface area is 130 Å². The third kappa shape index (κ3) is 3.73. The summed E-state index contributed by atoms with van der Waals surface area (Å²) in [4.78, 5) is 25.7. The van der Waals surface area contributed by atoms with Gasteiger partial charge in [-0.3, -0.25) is 14.9 Å². The van der Waals surface area contributed by atoms with Gasteiger partial charge in [0.2, 0.25) is 0 Å². The lowest BCUT2D eigenvalue weighted by Crippen LogP contribution is -3.19. The summed E-state index contributed by atoms with van der Waals surface area (Å²) in [6.45, 7) is 8.00. The zero-order valence-corrected chi connectivity index (χ0v) is 13.0. The summed E-state index contributed by atoms with van der Waals surface area (Å²) in [6.07, 6.45) is 0. The van der Waals surface area contributed by atoms with E-state index in [0.29, 0.717) is 6.54 Å². The van der Waals surface area contributed by atoms with E-state index in [2.05, 4.69) is 10.2 Å². The van der Waals surface area contributed by atoms with Crippen LogP contribution >= 0.6 is 0 Å². The van der Waals surface area contributed by atoms with Crippen LogP contribution in [0.1, 0.15) is 13.8 Å². The van der Waals surface area contributed by atoms with Crippen LogP contribution in [-0.4, -0.2) is 49.6 Å². The number of amides is 1. The molecule has 0 bridgehead atoms. The number of nitrogens with zero attached hydrogens (tertiary/aromatic N) is 2. The number of quaternary nitrogens is 1. The van der Waals surface area contributed by atoms with E-state index in [1.807, 2.05) is 13.8 Å². The maximum atomic E-state index is 11.9. The first-order chi connectivity index (χ1) is 10.5. The van der Waals surface area contributed by atoms with Crippen LogP contribution in [0.4, 0.5) is 11.4 Å². The molecule has 1 aliphatic heterocycles. The second-order valence-corrected chi connectivity index (χ2v) is 5.54. The molecule has 1 atom stereocenters. The molecule has 1 aromatic carbocycles. The number of carbonyl (C=O) groups is 1. The quantitative estimate of drug-likeness (QED) is 0.584. The summed E-state index contributed by atoms with van der Waals surface area (Å²) in [5.74, 6) is 0.0984. The fourth-order valence-electron chi connectivity index (χ4n) is 2.78. The van der Waals surface area contributed by atoms with Crippen molar-refractivity contribution in [3.8, 4) is 0 Å². The Morgan fingerprint density at radius 2 is 1.95 bits per heavy atom. The number of benzene rings is 1. The molecule has 1 heterocycles. The summed E-state index contributed by atoms with van der Waals surface area (Å²) < 4.78 is 0. The Balaban J connectivity index is 1.91. The maximum absolute atomic E-state index is 11.9. The first-order valence-electron chi connectivity index (χ1n) is 7.64. The molecule has 120 valence electrons. The van der Waals surface area contributed by atoms with E-state index in [1.54, 1.807) is 12.1 Å². The molecular formula is C15H23N4O3+. The van der Waals surface area contributed by atoms with Gasteiger partial charge in [-0.2, -0.15) is 0 Å². The molecule has 1 amide bonds. The van der Waals surface area contributed by atoms with E-state index in [0.717, 1.165) is 31.9 Å². The van der Waals surface area contributed by atoms with E-state index in [1.165, 1.54) is 17.0 Å². The summed E-state index contributed by atoms with van der Waals surface area (Å²) in [6, 6.07) is 6.60. The van der Waals surface area contributed by atoms with Gasteiger partial charge in [0.05, 0.1) is 31.1 Å². The van der Waals surface area contributed by atoms with Gasteiger partial charge < -0.3 is 15.1 Å². The zero-order valence-electron chi connectivity index (χ0n) is 13.0. The Hall–Kier alpha value is -2.15. The summed E-state index contributed by atoms with van der Waals surface area (Å²) in [7, 11) is 0. The highest BCUT2D eigenvalue weighted by atomic mass is 16.6. The van der Waals surface area contributed by atoms with Crippen molar-refractivity contribution < 1.29 is 14.6 Å². The molecule has 1 saturated heterocycles. The average molecular weight is 307 g/mol. The van der Waals surface area contributed by atoms with Crippen molar-refractivity contribution in [2.75, 3.05) is 37.6 Å². The van der Waals surface area contributed by atoms with Crippen LogP contribution in [0.2, 0.25) is 0 Å². The highest BCUT2D eigenvalue weighted by Gasteiger charge is 2.28. The van der Waals surface area contributed by atoms with E-state index < -0.39 is 0 Å². The van der Waals surface area contributed by atoms with Crippen molar-refractivity contribution >= 4 is 17.3 Å². The normalized spacial score (nSPS) is 17.1. The third-order valence-electron chi connectivity index (χ3n) is 4.19. The van der Waals surface area contributed by atoms with Gasteiger partial charge in [-0.15, -0.1) is 0 Å². The van der Waals surface area contributed by atoms with Crippen LogP contribution in [0.25, 0.3) is 0 Å². The predicted octanol–water partition coefficient (Wildman–Crippen LogP) is -0.176. The number of nitrogens with one attached hydrogen (secondary N) is 2.